The van der Waals surface area contributed by atoms with Gasteiger partial charge in [-0.3, -0.25) is 14.4 Å². The topological polar surface area (TPSA) is 359 Å². The highest BCUT2D eigenvalue weighted by Crippen LogP contribution is 2.41. The van der Waals surface area contributed by atoms with Gasteiger partial charge in [-0.25, -0.2) is 59.8 Å². The van der Waals surface area contributed by atoms with Crippen molar-refractivity contribution >= 4 is 131 Å². The Labute approximate surface area is 491 Å². The fourth-order valence-electron chi connectivity index (χ4n) is 10.5. The molecule has 4 aliphatic heterocycles. The van der Waals surface area contributed by atoms with Gasteiger partial charge in [0.25, 0.3) is 0 Å². The normalized spacial score (nSPS) is 15.8. The van der Waals surface area contributed by atoms with Crippen LogP contribution in [-0.4, -0.2) is 158 Å². The fraction of sp³-hybridized carbons (Fsp3) is 0.442. The lowest BCUT2D eigenvalue weighted by Crippen LogP contribution is -2.32. The summed E-state index contributed by atoms with van der Waals surface area (Å²) in [5.41, 5.74) is 30.0. The van der Waals surface area contributed by atoms with E-state index in [0.29, 0.717) is 68.7 Å². The van der Waals surface area contributed by atoms with E-state index in [1.165, 1.54) is 37.2 Å². The van der Waals surface area contributed by atoms with E-state index < -0.39 is 0 Å². The van der Waals surface area contributed by atoms with Gasteiger partial charge < -0.3 is 61.1 Å². The number of hydrogen-bond donors (Lipinski definition) is 5. The molecule has 0 spiro atoms. The quantitative estimate of drug-likeness (QED) is 0.0658. The van der Waals surface area contributed by atoms with E-state index in [1.54, 1.807) is 18.1 Å². The number of aromatic amines is 1. The molecule has 13 rings (SSSR count). The minimum Gasteiger partial charge on any atom is -0.493 e. The van der Waals surface area contributed by atoms with E-state index >= 15 is 0 Å². The fourth-order valence-corrected chi connectivity index (χ4v) is 12.6. The number of rotatable bonds is 14. The number of benzene rings is 1. The van der Waals surface area contributed by atoms with Crippen LogP contribution in [-0.2, 0) is 40.4 Å². The molecule has 12 heterocycles. The molecule has 0 radical (unpaired) electrons. The largest absolute Gasteiger partial charge is 0.493 e. The predicted molar refractivity (Wildman–Crippen MR) is 315 cm³/mol. The third-order valence-corrected chi connectivity index (χ3v) is 17.9. The van der Waals surface area contributed by atoms with E-state index in [2.05, 4.69) is 108 Å². The van der Waals surface area contributed by atoms with Crippen molar-refractivity contribution < 1.29 is 19.1 Å². The van der Waals surface area contributed by atoms with E-state index in [4.69, 9.17) is 32.7 Å². The van der Waals surface area contributed by atoms with Gasteiger partial charge in [-0.2, -0.15) is 0 Å². The monoisotopic (exact) mass is 1260 g/mol. The van der Waals surface area contributed by atoms with Gasteiger partial charge in [0, 0.05) is 74.7 Å². The summed E-state index contributed by atoms with van der Waals surface area (Å²) in [7, 11) is 0. The molecule has 4 aliphatic rings. The lowest BCUT2D eigenvalue weighted by Gasteiger charge is -2.29. The highest BCUT2D eigenvalue weighted by atomic mass is 79.9. The smallest absolute Gasteiger partial charge is 0.209 e. The number of nitrogens with zero attached hydrogens (tertiary/aromatic N) is 18. The number of nitrogen functional groups attached to an aromatic ring is 4. The Hall–Kier alpha value is -7.86. The maximum Gasteiger partial charge on any atom is 0.209 e. The number of aromatic nitrogens is 16. The van der Waals surface area contributed by atoms with Crippen molar-refractivity contribution in [3.8, 4) is 5.75 Å². The number of amides is 3. The number of anilines is 4. The van der Waals surface area contributed by atoms with Crippen LogP contribution in [0.4, 0.5) is 23.3 Å². The molecule has 0 bridgehead atoms. The molecule has 0 aliphatic carbocycles. The summed E-state index contributed by atoms with van der Waals surface area (Å²) < 4.78 is 13.7. The molecule has 1 aromatic carbocycles. The zero-order valence-electron chi connectivity index (χ0n) is 44.9. The van der Waals surface area contributed by atoms with Crippen LogP contribution >= 0.6 is 43.6 Å². The van der Waals surface area contributed by atoms with Crippen LogP contribution in [0, 0.1) is 17.8 Å². The molecule has 430 valence electrons. The SMILES string of the molecule is Nc1ncnc2c1nc(Br)n2CCC1CCN(C=O)CC1.Nc1ncnc2c1nc(Sc1cc3c(cc1Br)CCO3)n2CCC1CCN(C=O)CC1.Nc1ncnc2c1ncn2CCC1CCN(C=O)CC1.Nc1ncnc2nc[nH]c12. The van der Waals surface area contributed by atoms with Crippen LogP contribution in [0.1, 0.15) is 63.4 Å². The van der Waals surface area contributed by atoms with Gasteiger partial charge in [-0.1, -0.05) is 11.8 Å². The molecule has 0 atom stereocenters. The van der Waals surface area contributed by atoms with Crippen LogP contribution in [0.5, 0.6) is 5.75 Å². The molecule has 9 aromatic rings. The third-order valence-electron chi connectivity index (χ3n) is 15.4. The molecule has 30 heteroatoms. The molecule has 9 N–H and O–H groups in total. The second kappa shape index (κ2) is 26.8. The summed E-state index contributed by atoms with van der Waals surface area (Å²) in [6.45, 7) is 8.34. The Balaban J connectivity index is 0.000000130. The number of H-pyrrole nitrogens is 1. The number of likely N-dealkylation sites (tertiary alicyclic amines) is 3. The van der Waals surface area contributed by atoms with Gasteiger partial charge in [0.05, 0.1) is 19.3 Å². The number of ether oxygens (including phenoxy) is 1. The Morgan fingerprint density at radius 1 is 0.585 bits per heavy atom. The van der Waals surface area contributed by atoms with Gasteiger partial charge in [0.1, 0.15) is 42.1 Å². The summed E-state index contributed by atoms with van der Waals surface area (Å²) in [5, 5.41) is 0.839. The molecule has 3 saturated heterocycles. The highest BCUT2D eigenvalue weighted by Gasteiger charge is 2.25. The van der Waals surface area contributed by atoms with Gasteiger partial charge in [-0.15, -0.1) is 0 Å². The van der Waals surface area contributed by atoms with Crippen LogP contribution in [0.15, 0.2) is 69.4 Å². The lowest BCUT2D eigenvalue weighted by molar-refractivity contribution is -0.120. The number of carbonyl (C=O) groups excluding carboxylic acids is 3. The first-order chi connectivity index (χ1) is 40.0. The molecule has 3 amide bonds. The molecule has 8 aromatic heterocycles. The Kier molecular flexibility index (Phi) is 18.8. The number of piperidine rings is 3. The molecule has 3 fully saturated rings. The van der Waals surface area contributed by atoms with Crippen molar-refractivity contribution in [2.45, 2.75) is 93.9 Å². The standard InChI is InChI=1S/C21H23BrN6O2S.C13H17BrN6O.C13H18N6O.C5H5N5/c22-15-9-14-4-8-30-16(14)10-17(15)31-21-26-18-19(23)24-11-25-20(18)28(21)7-3-13-1-5-27(12-29)6-2-13;14-13-18-10-11(15)16-7-17-12(10)20(13)6-3-9-1-4-19(8-21)5-2-9;14-12-11-13(16-7-15-12)19(8-17-11)6-3-10-1-4-18(9-20)5-2-10;6-4-3-5(9-1-7-3)10-2-8-4/h9-13H,1-8H2,(H2,23,24,25);7-9H,1-6H2,(H2,15,16,17);7-10H,1-6H2,(H2,14,15,16);1-2H,(H3,6,7,8,9,10). The summed E-state index contributed by atoms with van der Waals surface area (Å²) >= 11 is 8.75. The Morgan fingerprint density at radius 2 is 1.10 bits per heavy atom. The summed E-state index contributed by atoms with van der Waals surface area (Å²) in [6, 6.07) is 4.21. The average molecular weight is 1270 g/mol. The maximum atomic E-state index is 11.0. The van der Waals surface area contributed by atoms with E-state index in [1.807, 2.05) is 23.8 Å². The number of carbonyl (C=O) groups is 3. The number of imidazole rings is 4. The van der Waals surface area contributed by atoms with Gasteiger partial charge in [0.15, 0.2) is 66.8 Å². The van der Waals surface area contributed by atoms with Crippen molar-refractivity contribution in [1.29, 1.82) is 0 Å². The highest BCUT2D eigenvalue weighted by molar-refractivity contribution is 9.10. The molecule has 0 unspecified atom stereocenters. The number of nitrogens with one attached hydrogen (secondary N) is 1. The number of hydrogen-bond acceptors (Lipinski definition) is 21. The van der Waals surface area contributed by atoms with E-state index in [-0.39, 0.29) is 0 Å². The maximum absolute atomic E-state index is 11.0. The number of nitrogens with two attached hydrogens (primary N) is 4. The van der Waals surface area contributed by atoms with Crippen molar-refractivity contribution in [1.82, 2.24) is 93.2 Å². The zero-order valence-corrected chi connectivity index (χ0v) is 48.9. The van der Waals surface area contributed by atoms with Crippen molar-refractivity contribution in [2.75, 3.05) is 68.8 Å². The van der Waals surface area contributed by atoms with Crippen molar-refractivity contribution in [3.63, 3.8) is 0 Å². The predicted octanol–water partition coefficient (Wildman–Crippen LogP) is 5.55. The number of aryl methyl sites for hydroxylation is 3. The molecular weight excluding hydrogens is 1200 g/mol. The first-order valence-electron chi connectivity index (χ1n) is 27.1. The summed E-state index contributed by atoms with van der Waals surface area (Å²) in [6.07, 6.45) is 22.3. The molecular formula is C52H63Br2N23O4S. The minimum atomic E-state index is 0.390. The number of halogens is 2. The summed E-state index contributed by atoms with van der Waals surface area (Å²) in [4.78, 5) is 91.8. The van der Waals surface area contributed by atoms with Crippen LogP contribution in [0.3, 0.4) is 0 Å². The van der Waals surface area contributed by atoms with Crippen molar-refractivity contribution in [2.24, 2.45) is 17.8 Å². The second-order valence-corrected chi connectivity index (χ2v) is 23.0. The molecule has 82 heavy (non-hydrogen) atoms. The third kappa shape index (κ3) is 13.6. The number of fused-ring (bicyclic) bond motifs is 5. The van der Waals surface area contributed by atoms with Crippen LogP contribution < -0.4 is 27.7 Å². The zero-order chi connectivity index (χ0) is 57.1. The summed E-state index contributed by atoms with van der Waals surface area (Å²) in [5.74, 6) is 4.45. The minimum absolute atomic E-state index is 0.390. The Bertz CT molecular complexity index is 3650. The molecule has 27 nitrogen and oxygen atoms in total. The van der Waals surface area contributed by atoms with E-state index in [9.17, 15) is 14.4 Å². The Morgan fingerprint density at radius 3 is 1.68 bits per heavy atom. The average Bonchev–Trinajstić information content (AvgIpc) is 4.56. The first-order valence-corrected chi connectivity index (χ1v) is 29.5. The van der Waals surface area contributed by atoms with Gasteiger partial charge in [0.2, 0.25) is 19.2 Å². The van der Waals surface area contributed by atoms with Crippen LogP contribution in [0.2, 0.25) is 0 Å². The van der Waals surface area contributed by atoms with Gasteiger partial charge >= 0.3 is 0 Å². The lowest BCUT2D eigenvalue weighted by atomic mass is 9.94. The second-order valence-electron chi connectivity index (χ2n) is 20.4. The van der Waals surface area contributed by atoms with E-state index in [0.717, 1.165) is 191 Å². The molecule has 0 saturated carbocycles. The van der Waals surface area contributed by atoms with Crippen LogP contribution in [0.25, 0.3) is 44.7 Å². The van der Waals surface area contributed by atoms with Crippen molar-refractivity contribution in [3.05, 3.63) is 64.9 Å². The first kappa shape index (κ1) is 57.4. The van der Waals surface area contributed by atoms with Gasteiger partial charge in [-0.05, 0) is 125 Å².